The summed E-state index contributed by atoms with van der Waals surface area (Å²) in [7, 11) is 0. The molecule has 0 spiro atoms. The highest BCUT2D eigenvalue weighted by atomic mass is 79.9. The fourth-order valence-corrected chi connectivity index (χ4v) is 2.76. The third-order valence-corrected chi connectivity index (χ3v) is 3.79. The number of amides is 1. The molecule has 2 rings (SSSR count). The Labute approximate surface area is 108 Å². The number of alkyl halides is 1. The largest absolute Gasteiger partial charge is 0.444 e. The van der Waals surface area contributed by atoms with Crippen molar-refractivity contribution in [2.24, 2.45) is 5.92 Å². The summed E-state index contributed by atoms with van der Waals surface area (Å²) in [6.07, 6.45) is 3.23. The highest BCUT2D eigenvalue weighted by Crippen LogP contribution is 2.27. The summed E-state index contributed by atoms with van der Waals surface area (Å²) in [6.45, 7) is 0. The van der Waals surface area contributed by atoms with Gasteiger partial charge < -0.3 is 9.73 Å². The van der Waals surface area contributed by atoms with Gasteiger partial charge >= 0.3 is 0 Å². The topological polar surface area (TPSA) is 42.2 Å². The lowest BCUT2D eigenvalue weighted by atomic mass is 10.1. The van der Waals surface area contributed by atoms with Gasteiger partial charge in [0.2, 0.25) is 0 Å². The molecule has 2 unspecified atom stereocenters. The zero-order valence-corrected chi connectivity index (χ0v) is 11.1. The van der Waals surface area contributed by atoms with Gasteiger partial charge in [-0.15, -0.1) is 11.6 Å². The molecule has 0 radical (unpaired) electrons. The third-order valence-electron chi connectivity index (χ3n) is 2.97. The van der Waals surface area contributed by atoms with Gasteiger partial charge in [0.25, 0.3) is 5.91 Å². The lowest BCUT2D eigenvalue weighted by molar-refractivity contribution is 0.0900. The van der Waals surface area contributed by atoms with Crippen LogP contribution in [-0.4, -0.2) is 17.8 Å². The Morgan fingerprint density at radius 2 is 2.38 bits per heavy atom. The van der Waals surface area contributed by atoms with Crippen LogP contribution in [0.4, 0.5) is 0 Å². The van der Waals surface area contributed by atoms with Crippen molar-refractivity contribution in [1.29, 1.82) is 0 Å². The van der Waals surface area contributed by atoms with Crippen molar-refractivity contribution >= 4 is 33.4 Å². The molecule has 16 heavy (non-hydrogen) atoms. The molecule has 1 aliphatic rings. The summed E-state index contributed by atoms with van der Waals surface area (Å²) in [5.41, 5.74) is 0. The molecule has 0 aliphatic heterocycles. The molecule has 1 amide bonds. The Bertz CT molecular complexity index is 380. The molecule has 0 bridgehead atoms. The van der Waals surface area contributed by atoms with Crippen molar-refractivity contribution in [1.82, 2.24) is 5.32 Å². The van der Waals surface area contributed by atoms with Crippen LogP contribution >= 0.6 is 27.5 Å². The maximum absolute atomic E-state index is 11.8. The second kappa shape index (κ2) is 5.23. The standard InChI is InChI=1S/C11H13BrClNO2/c12-10-5-4-9(16-10)11(15)14-8-3-1-2-7(8)6-13/h4-5,7-8H,1-3,6H2,(H,14,15). The lowest BCUT2D eigenvalue weighted by Crippen LogP contribution is -2.37. The predicted molar refractivity (Wildman–Crippen MR) is 65.7 cm³/mol. The summed E-state index contributed by atoms with van der Waals surface area (Å²) >= 11 is 9.02. The average Bonchev–Trinajstić information content (AvgIpc) is 2.86. The van der Waals surface area contributed by atoms with Crippen LogP contribution in [0.5, 0.6) is 0 Å². The fraction of sp³-hybridized carbons (Fsp3) is 0.545. The second-order valence-corrected chi connectivity index (χ2v) is 5.12. The second-order valence-electron chi connectivity index (χ2n) is 4.03. The van der Waals surface area contributed by atoms with Crippen LogP contribution in [0.25, 0.3) is 0 Å². The first kappa shape index (κ1) is 12.0. The summed E-state index contributed by atoms with van der Waals surface area (Å²) in [4.78, 5) is 11.8. The highest BCUT2D eigenvalue weighted by Gasteiger charge is 2.28. The van der Waals surface area contributed by atoms with Crippen molar-refractivity contribution in [3.63, 3.8) is 0 Å². The number of rotatable bonds is 3. The van der Waals surface area contributed by atoms with E-state index in [-0.39, 0.29) is 11.9 Å². The molecular weight excluding hydrogens is 293 g/mol. The van der Waals surface area contributed by atoms with E-state index >= 15 is 0 Å². The fourth-order valence-electron chi connectivity index (χ4n) is 2.09. The summed E-state index contributed by atoms with van der Waals surface area (Å²) in [5.74, 6) is 1.18. The van der Waals surface area contributed by atoms with E-state index < -0.39 is 0 Å². The Hall–Kier alpha value is -0.480. The maximum Gasteiger partial charge on any atom is 0.287 e. The van der Waals surface area contributed by atoms with Crippen LogP contribution in [-0.2, 0) is 0 Å². The van der Waals surface area contributed by atoms with Gasteiger partial charge in [-0.2, -0.15) is 0 Å². The molecule has 1 fully saturated rings. The van der Waals surface area contributed by atoms with Crippen molar-refractivity contribution < 1.29 is 9.21 Å². The van der Waals surface area contributed by atoms with Crippen LogP contribution in [0.1, 0.15) is 29.8 Å². The van der Waals surface area contributed by atoms with Gasteiger partial charge in [0.1, 0.15) is 0 Å². The van der Waals surface area contributed by atoms with E-state index in [0.29, 0.717) is 22.2 Å². The van der Waals surface area contributed by atoms with E-state index in [9.17, 15) is 4.79 Å². The van der Waals surface area contributed by atoms with E-state index in [0.717, 1.165) is 19.3 Å². The first-order valence-corrected chi connectivity index (χ1v) is 6.65. The van der Waals surface area contributed by atoms with E-state index in [1.807, 2.05) is 0 Å². The summed E-state index contributed by atoms with van der Waals surface area (Å²) in [5, 5.41) is 2.97. The number of nitrogens with one attached hydrogen (secondary N) is 1. The van der Waals surface area contributed by atoms with E-state index in [1.165, 1.54) is 0 Å². The minimum atomic E-state index is -0.160. The molecule has 1 aromatic heterocycles. The molecule has 1 saturated carbocycles. The van der Waals surface area contributed by atoms with Gasteiger partial charge in [-0.25, -0.2) is 0 Å². The SMILES string of the molecule is O=C(NC1CCCC1CCl)c1ccc(Br)o1. The van der Waals surface area contributed by atoms with Gasteiger partial charge in [-0.05, 0) is 46.8 Å². The van der Waals surface area contributed by atoms with Gasteiger partial charge in [0, 0.05) is 11.9 Å². The van der Waals surface area contributed by atoms with Crippen molar-refractivity contribution in [2.45, 2.75) is 25.3 Å². The van der Waals surface area contributed by atoms with Crippen molar-refractivity contribution in [3.05, 3.63) is 22.6 Å². The third kappa shape index (κ3) is 2.61. The average molecular weight is 307 g/mol. The van der Waals surface area contributed by atoms with E-state index in [4.69, 9.17) is 16.0 Å². The highest BCUT2D eigenvalue weighted by molar-refractivity contribution is 9.10. The summed E-state index contributed by atoms with van der Waals surface area (Å²) in [6, 6.07) is 3.56. The smallest absolute Gasteiger partial charge is 0.287 e. The number of hydrogen-bond acceptors (Lipinski definition) is 2. The predicted octanol–water partition coefficient (Wildman–Crippen LogP) is 3.18. The van der Waals surface area contributed by atoms with Gasteiger partial charge in [0.05, 0.1) is 0 Å². The molecular formula is C11H13BrClNO2. The van der Waals surface area contributed by atoms with E-state index in [1.54, 1.807) is 12.1 Å². The lowest BCUT2D eigenvalue weighted by Gasteiger charge is -2.17. The molecule has 0 saturated heterocycles. The maximum atomic E-state index is 11.8. The van der Waals surface area contributed by atoms with Crippen LogP contribution in [0.3, 0.4) is 0 Å². The zero-order chi connectivity index (χ0) is 11.5. The van der Waals surface area contributed by atoms with Crippen LogP contribution in [0.2, 0.25) is 0 Å². The zero-order valence-electron chi connectivity index (χ0n) is 8.71. The van der Waals surface area contributed by atoms with Crippen molar-refractivity contribution in [3.8, 4) is 0 Å². The Morgan fingerprint density at radius 3 is 3.00 bits per heavy atom. The number of hydrogen-bond donors (Lipinski definition) is 1. The van der Waals surface area contributed by atoms with Gasteiger partial charge in [-0.1, -0.05) is 6.42 Å². The van der Waals surface area contributed by atoms with Gasteiger partial charge in [-0.3, -0.25) is 4.79 Å². The summed E-state index contributed by atoms with van der Waals surface area (Å²) < 4.78 is 5.76. The van der Waals surface area contributed by atoms with Crippen LogP contribution < -0.4 is 5.32 Å². The minimum Gasteiger partial charge on any atom is -0.444 e. The molecule has 1 aliphatic carbocycles. The Kier molecular flexibility index (Phi) is 3.92. The normalized spacial score (nSPS) is 24.6. The molecule has 1 N–H and O–H groups in total. The van der Waals surface area contributed by atoms with E-state index in [2.05, 4.69) is 21.2 Å². The molecule has 5 heteroatoms. The monoisotopic (exact) mass is 305 g/mol. The quantitative estimate of drug-likeness (QED) is 0.872. The Morgan fingerprint density at radius 1 is 1.56 bits per heavy atom. The molecule has 1 heterocycles. The van der Waals surface area contributed by atoms with Crippen LogP contribution in [0, 0.1) is 5.92 Å². The Balaban J connectivity index is 1.97. The number of carbonyl (C=O) groups is 1. The molecule has 0 aromatic carbocycles. The van der Waals surface area contributed by atoms with Gasteiger partial charge in [0.15, 0.2) is 10.4 Å². The number of halogens is 2. The molecule has 2 atom stereocenters. The number of furan rings is 1. The molecule has 88 valence electrons. The van der Waals surface area contributed by atoms with Crippen molar-refractivity contribution in [2.75, 3.05) is 5.88 Å². The first-order chi connectivity index (χ1) is 7.70. The first-order valence-electron chi connectivity index (χ1n) is 5.33. The minimum absolute atomic E-state index is 0.160. The molecule has 1 aromatic rings. The van der Waals surface area contributed by atoms with Crippen LogP contribution in [0.15, 0.2) is 21.2 Å². The number of carbonyl (C=O) groups excluding carboxylic acids is 1. The molecule has 3 nitrogen and oxygen atoms in total.